The van der Waals surface area contributed by atoms with Gasteiger partial charge in [-0.1, -0.05) is 42.4 Å². The minimum Gasteiger partial charge on any atom is -0.478 e. The van der Waals surface area contributed by atoms with Gasteiger partial charge in [0.15, 0.2) is 17.5 Å². The maximum atomic E-state index is 13.6. The van der Waals surface area contributed by atoms with Gasteiger partial charge in [-0.2, -0.15) is 0 Å². The number of urea groups is 1. The molecule has 0 aliphatic carbocycles. The third-order valence-corrected chi connectivity index (χ3v) is 7.16. The molecule has 45 heavy (non-hydrogen) atoms. The lowest BCUT2D eigenvalue weighted by atomic mass is 10.1. The Hall–Kier alpha value is -5.52. The summed E-state index contributed by atoms with van der Waals surface area (Å²) in [5.41, 5.74) is 1.60. The highest BCUT2D eigenvalue weighted by atomic mass is 16.7. The average Bonchev–Trinajstić information content (AvgIpc) is 3.52. The number of amides is 3. The number of carboxylic acid groups (broad SMARTS) is 1. The molecule has 2 heterocycles. The van der Waals surface area contributed by atoms with Gasteiger partial charge in [-0.05, 0) is 57.0 Å². The summed E-state index contributed by atoms with van der Waals surface area (Å²) in [7, 11) is 0. The molecule has 12 nitrogen and oxygen atoms in total. The van der Waals surface area contributed by atoms with Crippen LogP contribution in [0.5, 0.6) is 17.2 Å². The van der Waals surface area contributed by atoms with E-state index in [1.807, 2.05) is 25.1 Å². The van der Waals surface area contributed by atoms with Gasteiger partial charge < -0.3 is 33.9 Å². The van der Waals surface area contributed by atoms with Crippen molar-refractivity contribution in [2.24, 2.45) is 0 Å². The summed E-state index contributed by atoms with van der Waals surface area (Å²) in [6.07, 6.45) is -1.37. The van der Waals surface area contributed by atoms with E-state index >= 15 is 0 Å². The second kappa shape index (κ2) is 13.0. The van der Waals surface area contributed by atoms with E-state index in [4.69, 9.17) is 23.5 Å². The standard InChI is InChI=1S/C33H33N3O9/c1-5-27(29-17-26(35-45-29)22-11-13-23(14-12-22)44-33(3,4)30(37)38)43-32(40)36(18-21-9-7-6-8-10-21)31(39)34-25-15-24-16-28(20(25)2)42-19-41-24/h6-17,27H,5,18-19H2,1-4H3,(H,34,39)(H,37,38). The number of benzene rings is 3. The second-order valence-electron chi connectivity index (χ2n) is 10.8. The Labute approximate surface area is 259 Å². The Kier molecular flexibility index (Phi) is 8.93. The summed E-state index contributed by atoms with van der Waals surface area (Å²) >= 11 is 0. The number of carboxylic acids is 1. The number of hydrogen-bond donors (Lipinski definition) is 2. The minimum atomic E-state index is -1.39. The zero-order valence-electron chi connectivity index (χ0n) is 25.2. The number of carbonyl (C=O) groups is 3. The Morgan fingerprint density at radius 2 is 1.78 bits per heavy atom. The average molecular weight is 616 g/mol. The van der Waals surface area contributed by atoms with Crippen molar-refractivity contribution in [3.05, 3.63) is 89.7 Å². The lowest BCUT2D eigenvalue weighted by molar-refractivity contribution is -0.152. The molecule has 4 aromatic rings. The summed E-state index contributed by atoms with van der Waals surface area (Å²) in [5, 5.41) is 16.2. The molecular weight excluding hydrogens is 582 g/mol. The van der Waals surface area contributed by atoms with Crippen molar-refractivity contribution in [1.82, 2.24) is 10.1 Å². The molecule has 0 fully saturated rings. The summed E-state index contributed by atoms with van der Waals surface area (Å²) in [4.78, 5) is 39.5. The third kappa shape index (κ3) is 7.18. The van der Waals surface area contributed by atoms with Gasteiger partial charge in [0.1, 0.15) is 22.9 Å². The van der Waals surface area contributed by atoms with Crippen LogP contribution in [0.1, 0.15) is 50.2 Å². The van der Waals surface area contributed by atoms with Crippen LogP contribution < -0.4 is 19.5 Å². The van der Waals surface area contributed by atoms with E-state index in [0.29, 0.717) is 46.2 Å². The molecule has 3 amide bonds. The number of fused-ring (bicyclic) bond motifs is 2. The molecule has 1 atom stereocenters. The molecule has 0 saturated heterocycles. The summed E-state index contributed by atoms with van der Waals surface area (Å²) in [6, 6.07) is 20.1. The van der Waals surface area contributed by atoms with Crippen molar-refractivity contribution in [2.45, 2.75) is 52.4 Å². The first kappa shape index (κ1) is 30.9. The van der Waals surface area contributed by atoms with Crippen LogP contribution in [-0.2, 0) is 16.1 Å². The molecular formula is C33H33N3O9. The number of hydrogen-bond acceptors (Lipinski definition) is 9. The second-order valence-corrected chi connectivity index (χ2v) is 10.8. The maximum Gasteiger partial charge on any atom is 0.419 e. The molecule has 0 radical (unpaired) electrons. The monoisotopic (exact) mass is 615 g/mol. The van der Waals surface area contributed by atoms with E-state index in [1.165, 1.54) is 13.8 Å². The molecule has 1 aliphatic heterocycles. The lowest BCUT2D eigenvalue weighted by Crippen LogP contribution is -2.40. The Morgan fingerprint density at radius 1 is 1.04 bits per heavy atom. The van der Waals surface area contributed by atoms with Crippen LogP contribution in [-0.4, -0.2) is 45.7 Å². The topological polar surface area (TPSA) is 150 Å². The highest BCUT2D eigenvalue weighted by Gasteiger charge is 2.31. The number of ether oxygens (including phenoxy) is 4. The number of aromatic nitrogens is 1. The first-order valence-electron chi connectivity index (χ1n) is 14.3. The first-order chi connectivity index (χ1) is 21.5. The molecule has 1 aliphatic rings. The van der Waals surface area contributed by atoms with Crippen LogP contribution in [0.15, 0.2) is 77.3 Å². The zero-order valence-corrected chi connectivity index (χ0v) is 25.2. The summed E-state index contributed by atoms with van der Waals surface area (Å²) < 4.78 is 27.8. The number of carbonyl (C=O) groups excluding carboxylic acids is 2. The van der Waals surface area contributed by atoms with Crippen LogP contribution >= 0.6 is 0 Å². The third-order valence-electron chi connectivity index (χ3n) is 7.16. The van der Waals surface area contributed by atoms with Gasteiger partial charge in [-0.3, -0.25) is 0 Å². The van der Waals surface area contributed by atoms with Crippen LogP contribution in [0.25, 0.3) is 11.3 Å². The van der Waals surface area contributed by atoms with Gasteiger partial charge >= 0.3 is 18.1 Å². The van der Waals surface area contributed by atoms with Gasteiger partial charge in [-0.25, -0.2) is 19.3 Å². The number of nitrogens with one attached hydrogen (secondary N) is 1. The minimum absolute atomic E-state index is 0.0463. The Balaban J connectivity index is 1.32. The highest BCUT2D eigenvalue weighted by Crippen LogP contribution is 2.35. The van der Waals surface area contributed by atoms with E-state index in [9.17, 15) is 19.5 Å². The quantitative estimate of drug-likeness (QED) is 0.192. The van der Waals surface area contributed by atoms with Crippen molar-refractivity contribution >= 4 is 23.8 Å². The van der Waals surface area contributed by atoms with E-state index in [1.54, 1.807) is 61.5 Å². The van der Waals surface area contributed by atoms with Crippen LogP contribution in [0.2, 0.25) is 0 Å². The van der Waals surface area contributed by atoms with E-state index in [-0.39, 0.29) is 19.1 Å². The zero-order chi connectivity index (χ0) is 32.1. The van der Waals surface area contributed by atoms with E-state index in [0.717, 1.165) is 10.5 Å². The molecule has 1 unspecified atom stereocenters. The van der Waals surface area contributed by atoms with Crippen molar-refractivity contribution in [3.63, 3.8) is 0 Å². The SMILES string of the molecule is CCC(OC(=O)N(Cc1ccccc1)C(=O)Nc1cc2cc(c1C)OCO2)c1cc(-c2ccc(OC(C)(C)C(=O)O)cc2)no1. The predicted octanol–water partition coefficient (Wildman–Crippen LogP) is 6.94. The molecule has 3 aromatic carbocycles. The van der Waals surface area contributed by atoms with E-state index in [2.05, 4.69) is 10.5 Å². The summed E-state index contributed by atoms with van der Waals surface area (Å²) in [5.74, 6) is 0.688. The molecule has 12 heteroatoms. The van der Waals surface area contributed by atoms with Crippen molar-refractivity contribution < 1.29 is 43.0 Å². The molecule has 0 spiro atoms. The van der Waals surface area contributed by atoms with E-state index < -0.39 is 29.8 Å². The molecule has 2 bridgehead atoms. The van der Waals surface area contributed by atoms with Crippen LogP contribution in [0.3, 0.4) is 0 Å². The number of rotatable bonds is 10. The Bertz CT molecular complexity index is 1680. The van der Waals surface area contributed by atoms with Crippen molar-refractivity contribution in [2.75, 3.05) is 12.1 Å². The predicted molar refractivity (Wildman–Crippen MR) is 162 cm³/mol. The highest BCUT2D eigenvalue weighted by molar-refractivity contribution is 5.99. The fraction of sp³-hybridized carbons (Fsp3) is 0.273. The van der Waals surface area contributed by atoms with Crippen molar-refractivity contribution in [3.8, 4) is 28.5 Å². The smallest absolute Gasteiger partial charge is 0.419 e. The van der Waals surface area contributed by atoms with Gasteiger partial charge in [-0.15, -0.1) is 0 Å². The van der Waals surface area contributed by atoms with Gasteiger partial charge in [0.05, 0.1) is 12.2 Å². The molecule has 1 aromatic heterocycles. The lowest BCUT2D eigenvalue weighted by Gasteiger charge is -2.25. The van der Waals surface area contributed by atoms with Crippen molar-refractivity contribution in [1.29, 1.82) is 0 Å². The number of aliphatic carboxylic acids is 1. The number of anilines is 1. The van der Waals surface area contributed by atoms with Gasteiger partial charge in [0.25, 0.3) is 0 Å². The molecule has 0 saturated carbocycles. The fourth-order valence-corrected chi connectivity index (χ4v) is 4.49. The molecule has 2 N–H and O–H groups in total. The summed E-state index contributed by atoms with van der Waals surface area (Å²) in [6.45, 7) is 6.56. The number of nitrogens with zero attached hydrogens (tertiary/aromatic N) is 2. The van der Waals surface area contributed by atoms with Gasteiger partial charge in [0.2, 0.25) is 6.79 Å². The largest absolute Gasteiger partial charge is 0.478 e. The molecule has 5 rings (SSSR count). The molecule has 234 valence electrons. The Morgan fingerprint density at radius 3 is 2.47 bits per heavy atom. The van der Waals surface area contributed by atoms with Gasteiger partial charge in [0, 0.05) is 29.3 Å². The normalized spacial score (nSPS) is 12.7. The maximum absolute atomic E-state index is 13.6. The van der Waals surface area contributed by atoms with Crippen LogP contribution in [0, 0.1) is 6.92 Å². The first-order valence-corrected chi connectivity index (χ1v) is 14.3. The fourth-order valence-electron chi connectivity index (χ4n) is 4.49. The van der Waals surface area contributed by atoms with Crippen LogP contribution in [0.4, 0.5) is 15.3 Å². The number of imide groups is 1.